The van der Waals surface area contributed by atoms with E-state index in [1.807, 2.05) is 0 Å². The highest BCUT2D eigenvalue weighted by Gasteiger charge is 2.37. The Labute approximate surface area is 105 Å². The molecule has 2 aliphatic rings. The van der Waals surface area contributed by atoms with Crippen molar-refractivity contribution in [1.29, 1.82) is 0 Å². The summed E-state index contributed by atoms with van der Waals surface area (Å²) >= 11 is 0. The predicted octanol–water partition coefficient (Wildman–Crippen LogP) is 0.411. The number of likely N-dealkylation sites (tertiary alicyclic amines) is 1. The summed E-state index contributed by atoms with van der Waals surface area (Å²) in [6, 6.07) is 0.668. The molecule has 2 heterocycles. The highest BCUT2D eigenvalue weighted by Crippen LogP contribution is 2.30. The third-order valence-corrected chi connectivity index (χ3v) is 4.29. The van der Waals surface area contributed by atoms with Gasteiger partial charge in [-0.2, -0.15) is 0 Å². The van der Waals surface area contributed by atoms with Crippen LogP contribution < -0.4 is 0 Å². The summed E-state index contributed by atoms with van der Waals surface area (Å²) in [5, 5.41) is 9.61. The van der Waals surface area contributed by atoms with Crippen LogP contribution in [0.15, 0.2) is 0 Å². The van der Waals surface area contributed by atoms with Gasteiger partial charge in [0.05, 0.1) is 13.2 Å². The summed E-state index contributed by atoms with van der Waals surface area (Å²) in [5.74, 6) is 0. The topological polar surface area (TPSA) is 35.9 Å². The van der Waals surface area contributed by atoms with Gasteiger partial charge < -0.3 is 19.6 Å². The van der Waals surface area contributed by atoms with Gasteiger partial charge in [0.25, 0.3) is 0 Å². The van der Waals surface area contributed by atoms with Crippen LogP contribution in [0, 0.1) is 5.41 Å². The second-order valence-corrected chi connectivity index (χ2v) is 5.96. The first-order valence-corrected chi connectivity index (χ1v) is 6.73. The minimum absolute atomic E-state index is 0.00814. The van der Waals surface area contributed by atoms with E-state index >= 15 is 0 Å². The Morgan fingerprint density at radius 1 is 1.47 bits per heavy atom. The minimum atomic E-state index is 0.00814. The molecule has 2 rings (SSSR count). The average Bonchev–Trinajstić information content (AvgIpc) is 2.78. The lowest BCUT2D eigenvalue weighted by Gasteiger charge is -2.40. The predicted molar refractivity (Wildman–Crippen MR) is 68.1 cm³/mol. The maximum Gasteiger partial charge on any atom is 0.0557 e. The molecule has 0 spiro atoms. The summed E-state index contributed by atoms with van der Waals surface area (Å²) in [6.07, 6.45) is 3.57. The zero-order valence-electron chi connectivity index (χ0n) is 11.2. The van der Waals surface area contributed by atoms with Gasteiger partial charge in [-0.15, -0.1) is 0 Å². The Hall–Kier alpha value is -0.160. The lowest BCUT2D eigenvalue weighted by atomic mass is 9.87. The molecule has 2 aliphatic heterocycles. The van der Waals surface area contributed by atoms with Crippen molar-refractivity contribution in [2.45, 2.75) is 25.3 Å². The Morgan fingerprint density at radius 2 is 2.29 bits per heavy atom. The Morgan fingerprint density at radius 3 is 2.88 bits per heavy atom. The van der Waals surface area contributed by atoms with Crippen LogP contribution >= 0.6 is 0 Å². The van der Waals surface area contributed by atoms with Gasteiger partial charge in [0.2, 0.25) is 0 Å². The highest BCUT2D eigenvalue weighted by molar-refractivity contribution is 4.88. The number of nitrogens with zero attached hydrogens (tertiary/aromatic N) is 2. The number of rotatable bonds is 4. The zero-order valence-corrected chi connectivity index (χ0v) is 11.2. The molecule has 0 aromatic heterocycles. The van der Waals surface area contributed by atoms with Crippen molar-refractivity contribution in [3.63, 3.8) is 0 Å². The lowest BCUT2D eigenvalue weighted by molar-refractivity contribution is 0.0357. The Bertz CT molecular complexity index is 240. The van der Waals surface area contributed by atoms with Gasteiger partial charge in [0.1, 0.15) is 0 Å². The summed E-state index contributed by atoms with van der Waals surface area (Å²) in [5.41, 5.74) is 0.00814. The van der Waals surface area contributed by atoms with Crippen LogP contribution in [0.4, 0.5) is 0 Å². The maximum absolute atomic E-state index is 9.61. The fourth-order valence-electron chi connectivity index (χ4n) is 3.02. The van der Waals surface area contributed by atoms with E-state index < -0.39 is 0 Å². The van der Waals surface area contributed by atoms with Crippen LogP contribution in [0.25, 0.3) is 0 Å². The molecule has 0 amide bonds. The van der Waals surface area contributed by atoms with E-state index in [0.29, 0.717) is 6.04 Å². The second kappa shape index (κ2) is 5.65. The Kier molecular flexibility index (Phi) is 4.42. The van der Waals surface area contributed by atoms with Crippen LogP contribution in [-0.2, 0) is 4.74 Å². The maximum atomic E-state index is 9.61. The third-order valence-electron chi connectivity index (χ3n) is 4.29. The molecule has 2 unspecified atom stereocenters. The fraction of sp³-hybridized carbons (Fsp3) is 1.00. The second-order valence-electron chi connectivity index (χ2n) is 5.96. The zero-order chi connectivity index (χ0) is 12.3. The largest absolute Gasteiger partial charge is 0.396 e. The Balaban J connectivity index is 1.89. The van der Waals surface area contributed by atoms with Crippen LogP contribution in [0.1, 0.15) is 19.3 Å². The summed E-state index contributed by atoms with van der Waals surface area (Å²) in [7, 11) is 4.32. The number of ether oxygens (including phenoxy) is 1. The first-order valence-electron chi connectivity index (χ1n) is 6.73. The monoisotopic (exact) mass is 242 g/mol. The van der Waals surface area contributed by atoms with E-state index in [1.165, 1.54) is 19.4 Å². The van der Waals surface area contributed by atoms with Crippen molar-refractivity contribution in [3.8, 4) is 0 Å². The van der Waals surface area contributed by atoms with Crippen LogP contribution in [0.2, 0.25) is 0 Å². The number of hydrogen-bond donors (Lipinski definition) is 1. The molecule has 2 atom stereocenters. The molecule has 17 heavy (non-hydrogen) atoms. The van der Waals surface area contributed by atoms with Gasteiger partial charge >= 0.3 is 0 Å². The number of aliphatic hydroxyl groups is 1. The van der Waals surface area contributed by atoms with E-state index in [0.717, 1.165) is 32.7 Å². The SMILES string of the molecule is CN(C)C1CCCN(CC2(CO)CCOC2)C1. The van der Waals surface area contributed by atoms with E-state index in [1.54, 1.807) is 0 Å². The average molecular weight is 242 g/mol. The van der Waals surface area contributed by atoms with Crippen molar-refractivity contribution in [1.82, 2.24) is 9.80 Å². The van der Waals surface area contributed by atoms with Gasteiger partial charge in [-0.25, -0.2) is 0 Å². The van der Waals surface area contributed by atoms with E-state index in [2.05, 4.69) is 23.9 Å². The lowest BCUT2D eigenvalue weighted by Crippen LogP contribution is -2.49. The van der Waals surface area contributed by atoms with Gasteiger partial charge in [0, 0.05) is 31.2 Å². The molecule has 0 aliphatic carbocycles. The molecule has 0 aromatic carbocycles. The molecule has 0 bridgehead atoms. The molecule has 4 nitrogen and oxygen atoms in total. The van der Waals surface area contributed by atoms with Gasteiger partial charge in [-0.3, -0.25) is 0 Å². The van der Waals surface area contributed by atoms with Crippen molar-refractivity contribution < 1.29 is 9.84 Å². The van der Waals surface area contributed by atoms with Crippen molar-refractivity contribution in [2.75, 3.05) is 53.6 Å². The van der Waals surface area contributed by atoms with Gasteiger partial charge in [-0.05, 0) is 39.9 Å². The standard InChI is InChI=1S/C13H26N2O2/c1-14(2)12-4-3-6-15(8-12)9-13(10-16)5-7-17-11-13/h12,16H,3-11H2,1-2H3. The normalized spacial score (nSPS) is 35.6. The van der Waals surface area contributed by atoms with Crippen molar-refractivity contribution in [2.24, 2.45) is 5.41 Å². The number of aliphatic hydroxyl groups excluding tert-OH is 1. The molecule has 0 radical (unpaired) electrons. The van der Waals surface area contributed by atoms with E-state index in [9.17, 15) is 5.11 Å². The van der Waals surface area contributed by atoms with Crippen LogP contribution in [-0.4, -0.2) is 74.5 Å². The van der Waals surface area contributed by atoms with Crippen LogP contribution in [0.3, 0.4) is 0 Å². The molecule has 0 saturated carbocycles. The van der Waals surface area contributed by atoms with Crippen LogP contribution in [0.5, 0.6) is 0 Å². The molecule has 4 heteroatoms. The quantitative estimate of drug-likeness (QED) is 0.775. The summed E-state index contributed by atoms with van der Waals surface area (Å²) in [6.45, 7) is 5.10. The third kappa shape index (κ3) is 3.19. The molecule has 0 aromatic rings. The minimum Gasteiger partial charge on any atom is -0.396 e. The van der Waals surface area contributed by atoms with E-state index in [4.69, 9.17) is 4.74 Å². The molecular formula is C13H26N2O2. The van der Waals surface area contributed by atoms with Crippen molar-refractivity contribution in [3.05, 3.63) is 0 Å². The first kappa shape index (κ1) is 13.3. The number of hydrogen-bond acceptors (Lipinski definition) is 4. The highest BCUT2D eigenvalue weighted by atomic mass is 16.5. The van der Waals surface area contributed by atoms with E-state index in [-0.39, 0.29) is 12.0 Å². The molecule has 2 fully saturated rings. The number of likely N-dealkylation sites (N-methyl/N-ethyl adjacent to an activating group) is 1. The molecule has 1 N–H and O–H groups in total. The van der Waals surface area contributed by atoms with Crippen molar-refractivity contribution >= 4 is 0 Å². The molecular weight excluding hydrogens is 216 g/mol. The molecule has 100 valence electrons. The first-order chi connectivity index (χ1) is 8.15. The van der Waals surface area contributed by atoms with Gasteiger partial charge in [0.15, 0.2) is 0 Å². The number of piperidine rings is 1. The fourth-order valence-corrected chi connectivity index (χ4v) is 3.02. The van der Waals surface area contributed by atoms with Gasteiger partial charge in [-0.1, -0.05) is 0 Å². The summed E-state index contributed by atoms with van der Waals surface area (Å²) in [4.78, 5) is 4.84. The summed E-state index contributed by atoms with van der Waals surface area (Å²) < 4.78 is 5.47. The molecule has 2 saturated heterocycles. The smallest absolute Gasteiger partial charge is 0.0557 e.